The smallest absolute Gasteiger partial charge is 0.259 e. The Kier molecular flexibility index (Phi) is 4.77. The van der Waals surface area contributed by atoms with Gasteiger partial charge in [-0.05, 0) is 12.1 Å². The van der Waals surface area contributed by atoms with Gasteiger partial charge in [0.1, 0.15) is 17.4 Å². The molecule has 0 heterocycles. The molecule has 0 saturated carbocycles. The SMILES string of the molecule is COc1cc(OC)c(OC)cc1/C=C(\C#N)C(N)=O. The quantitative estimate of drug-likeness (QED) is 0.633. The first-order valence-electron chi connectivity index (χ1n) is 5.29. The number of hydrogen-bond donors (Lipinski definition) is 1. The van der Waals surface area contributed by atoms with Crippen molar-refractivity contribution in [3.63, 3.8) is 0 Å². The van der Waals surface area contributed by atoms with Crippen molar-refractivity contribution >= 4 is 12.0 Å². The van der Waals surface area contributed by atoms with Gasteiger partial charge in [0.15, 0.2) is 11.5 Å². The molecular weight excluding hydrogens is 248 g/mol. The van der Waals surface area contributed by atoms with Crippen LogP contribution in [0.25, 0.3) is 6.08 Å². The molecule has 1 amide bonds. The molecule has 0 bridgehead atoms. The van der Waals surface area contributed by atoms with E-state index in [4.69, 9.17) is 25.2 Å². The number of methoxy groups -OCH3 is 3. The van der Waals surface area contributed by atoms with Crippen LogP contribution in [0.4, 0.5) is 0 Å². The van der Waals surface area contributed by atoms with Gasteiger partial charge in [-0.25, -0.2) is 0 Å². The Hall–Kier alpha value is -2.68. The molecule has 0 saturated heterocycles. The molecule has 0 aliphatic rings. The number of amides is 1. The number of carbonyl (C=O) groups excluding carboxylic acids is 1. The first-order valence-corrected chi connectivity index (χ1v) is 5.29. The number of nitriles is 1. The van der Waals surface area contributed by atoms with Crippen LogP contribution in [0.1, 0.15) is 5.56 Å². The van der Waals surface area contributed by atoms with Crippen molar-refractivity contribution in [1.29, 1.82) is 5.26 Å². The first kappa shape index (κ1) is 14.4. The van der Waals surface area contributed by atoms with E-state index in [0.29, 0.717) is 22.8 Å². The molecule has 100 valence electrons. The van der Waals surface area contributed by atoms with Crippen LogP contribution in [0.2, 0.25) is 0 Å². The number of hydrogen-bond acceptors (Lipinski definition) is 5. The van der Waals surface area contributed by atoms with Gasteiger partial charge in [-0.3, -0.25) is 4.79 Å². The lowest BCUT2D eigenvalue weighted by molar-refractivity contribution is -0.114. The lowest BCUT2D eigenvalue weighted by Crippen LogP contribution is -2.12. The molecule has 6 heteroatoms. The van der Waals surface area contributed by atoms with Crippen LogP contribution < -0.4 is 19.9 Å². The van der Waals surface area contributed by atoms with Crippen LogP contribution in [-0.4, -0.2) is 27.2 Å². The highest BCUT2D eigenvalue weighted by Crippen LogP contribution is 2.35. The maximum atomic E-state index is 11.0. The van der Waals surface area contributed by atoms with Crippen molar-refractivity contribution in [2.45, 2.75) is 0 Å². The lowest BCUT2D eigenvalue weighted by Gasteiger charge is -2.12. The fraction of sp³-hybridized carbons (Fsp3) is 0.231. The van der Waals surface area contributed by atoms with E-state index in [1.54, 1.807) is 18.2 Å². The summed E-state index contributed by atoms with van der Waals surface area (Å²) in [6, 6.07) is 4.92. The molecule has 0 spiro atoms. The molecule has 0 atom stereocenters. The van der Waals surface area contributed by atoms with E-state index in [0.717, 1.165) is 0 Å². The minimum absolute atomic E-state index is 0.175. The third-order valence-electron chi connectivity index (χ3n) is 2.42. The highest BCUT2D eigenvalue weighted by atomic mass is 16.5. The fourth-order valence-electron chi connectivity index (χ4n) is 1.48. The van der Waals surface area contributed by atoms with Crippen molar-refractivity contribution in [1.82, 2.24) is 0 Å². The second-order valence-corrected chi connectivity index (χ2v) is 3.48. The average molecular weight is 262 g/mol. The molecular formula is C13H14N2O4. The maximum absolute atomic E-state index is 11.0. The van der Waals surface area contributed by atoms with Gasteiger partial charge in [-0.15, -0.1) is 0 Å². The van der Waals surface area contributed by atoms with E-state index < -0.39 is 5.91 Å². The van der Waals surface area contributed by atoms with E-state index in [2.05, 4.69) is 0 Å². The maximum Gasteiger partial charge on any atom is 0.259 e. The van der Waals surface area contributed by atoms with Gasteiger partial charge in [0.2, 0.25) is 0 Å². The minimum Gasteiger partial charge on any atom is -0.496 e. The van der Waals surface area contributed by atoms with Crippen LogP contribution >= 0.6 is 0 Å². The summed E-state index contributed by atoms with van der Waals surface area (Å²) in [4.78, 5) is 11.0. The Morgan fingerprint density at radius 1 is 1.16 bits per heavy atom. The Balaban J connectivity index is 3.42. The van der Waals surface area contributed by atoms with Gasteiger partial charge < -0.3 is 19.9 Å². The minimum atomic E-state index is -0.806. The summed E-state index contributed by atoms with van der Waals surface area (Å²) in [6.07, 6.45) is 1.34. The summed E-state index contributed by atoms with van der Waals surface area (Å²) < 4.78 is 15.4. The molecule has 19 heavy (non-hydrogen) atoms. The van der Waals surface area contributed by atoms with Crippen LogP contribution in [0, 0.1) is 11.3 Å². The topological polar surface area (TPSA) is 94.6 Å². The molecule has 0 aliphatic carbocycles. The zero-order chi connectivity index (χ0) is 14.4. The summed E-state index contributed by atoms with van der Waals surface area (Å²) in [5.41, 5.74) is 5.41. The molecule has 6 nitrogen and oxygen atoms in total. The van der Waals surface area contributed by atoms with Crippen molar-refractivity contribution < 1.29 is 19.0 Å². The number of ether oxygens (including phenoxy) is 3. The van der Waals surface area contributed by atoms with E-state index in [1.165, 1.54) is 27.4 Å². The fourth-order valence-corrected chi connectivity index (χ4v) is 1.48. The summed E-state index contributed by atoms with van der Waals surface area (Å²) in [7, 11) is 4.45. The number of benzene rings is 1. The molecule has 1 aromatic carbocycles. The number of nitrogens with two attached hydrogens (primary N) is 1. The van der Waals surface area contributed by atoms with Gasteiger partial charge in [-0.2, -0.15) is 5.26 Å². The number of rotatable bonds is 5. The van der Waals surface area contributed by atoms with Gasteiger partial charge in [0.25, 0.3) is 5.91 Å². The van der Waals surface area contributed by atoms with Crippen molar-refractivity contribution in [2.75, 3.05) is 21.3 Å². The van der Waals surface area contributed by atoms with Crippen molar-refractivity contribution in [2.24, 2.45) is 5.73 Å². The van der Waals surface area contributed by atoms with Crippen LogP contribution in [-0.2, 0) is 4.79 Å². The van der Waals surface area contributed by atoms with Crippen LogP contribution in [0.3, 0.4) is 0 Å². The molecule has 0 unspecified atom stereocenters. The monoisotopic (exact) mass is 262 g/mol. The highest BCUT2D eigenvalue weighted by Gasteiger charge is 2.12. The molecule has 0 fully saturated rings. The molecule has 0 radical (unpaired) electrons. The van der Waals surface area contributed by atoms with Gasteiger partial charge in [0, 0.05) is 11.6 Å². The second kappa shape index (κ2) is 6.31. The highest BCUT2D eigenvalue weighted by molar-refractivity contribution is 6.01. The number of carbonyl (C=O) groups is 1. The third-order valence-corrected chi connectivity index (χ3v) is 2.42. The summed E-state index contributed by atoms with van der Waals surface area (Å²) in [5, 5.41) is 8.83. The number of nitrogens with zero attached hydrogens (tertiary/aromatic N) is 1. The zero-order valence-corrected chi connectivity index (χ0v) is 10.9. The summed E-state index contributed by atoms with van der Waals surface area (Å²) in [5.74, 6) is 0.566. The Morgan fingerprint density at radius 2 is 1.68 bits per heavy atom. The van der Waals surface area contributed by atoms with Gasteiger partial charge in [0.05, 0.1) is 21.3 Å². The summed E-state index contributed by atoms with van der Waals surface area (Å²) >= 11 is 0. The van der Waals surface area contributed by atoms with Crippen LogP contribution in [0.15, 0.2) is 17.7 Å². The second-order valence-electron chi connectivity index (χ2n) is 3.48. The zero-order valence-electron chi connectivity index (χ0n) is 10.9. The normalized spacial score (nSPS) is 10.5. The Labute approximate surface area is 111 Å². The van der Waals surface area contributed by atoms with E-state index in [-0.39, 0.29) is 5.57 Å². The van der Waals surface area contributed by atoms with E-state index >= 15 is 0 Å². The molecule has 1 aromatic rings. The lowest BCUT2D eigenvalue weighted by atomic mass is 10.1. The molecule has 2 N–H and O–H groups in total. The number of primary amides is 1. The third kappa shape index (κ3) is 3.16. The predicted molar refractivity (Wildman–Crippen MR) is 68.9 cm³/mol. The van der Waals surface area contributed by atoms with E-state index in [9.17, 15) is 4.79 Å². The van der Waals surface area contributed by atoms with Crippen molar-refractivity contribution in [3.05, 3.63) is 23.3 Å². The van der Waals surface area contributed by atoms with Gasteiger partial charge >= 0.3 is 0 Å². The molecule has 1 rings (SSSR count). The predicted octanol–water partition coefficient (Wildman–Crippen LogP) is 1.10. The van der Waals surface area contributed by atoms with Gasteiger partial charge in [-0.1, -0.05) is 0 Å². The Morgan fingerprint density at radius 3 is 2.11 bits per heavy atom. The van der Waals surface area contributed by atoms with Crippen molar-refractivity contribution in [3.8, 4) is 23.3 Å². The molecule has 0 aliphatic heterocycles. The average Bonchev–Trinajstić information content (AvgIpc) is 2.43. The first-order chi connectivity index (χ1) is 9.07. The van der Waals surface area contributed by atoms with E-state index in [1.807, 2.05) is 0 Å². The van der Waals surface area contributed by atoms with Crippen LogP contribution in [0.5, 0.6) is 17.2 Å². The Bertz CT molecular complexity index is 558. The largest absolute Gasteiger partial charge is 0.496 e. The molecule has 0 aromatic heterocycles. The summed E-state index contributed by atoms with van der Waals surface area (Å²) in [6.45, 7) is 0. The standard InChI is InChI=1S/C13H14N2O4/c1-17-10-6-12(19-3)11(18-2)5-8(10)4-9(7-14)13(15)16/h4-6H,1-3H3,(H2,15,16)/b9-4+.